The number of hydrogen-bond donors (Lipinski definition) is 1. The average molecular weight is 452 g/mol. The minimum absolute atomic E-state index is 0.144. The lowest BCUT2D eigenvalue weighted by molar-refractivity contribution is -0.139. The van der Waals surface area contributed by atoms with E-state index in [0.717, 1.165) is 49.6 Å². The molecular weight excluding hydrogens is 426 g/mol. The van der Waals surface area contributed by atoms with Gasteiger partial charge in [-0.15, -0.1) is 0 Å². The van der Waals surface area contributed by atoms with E-state index in [0.29, 0.717) is 18.9 Å². The van der Waals surface area contributed by atoms with Gasteiger partial charge in [0.05, 0.1) is 19.8 Å². The SMILES string of the molecule is COC(=O)Cc1c(OCc2cc(-c3cccc(CN)c3)c3occc3c2)ccc2ccccc12. The molecule has 5 heteroatoms. The molecule has 4 aromatic carbocycles. The fourth-order valence-corrected chi connectivity index (χ4v) is 4.32. The molecule has 0 atom stereocenters. The van der Waals surface area contributed by atoms with Crippen LogP contribution in [0.15, 0.2) is 89.5 Å². The van der Waals surface area contributed by atoms with Crippen molar-refractivity contribution in [3.05, 3.63) is 102 Å². The Morgan fingerprint density at radius 3 is 2.65 bits per heavy atom. The van der Waals surface area contributed by atoms with Gasteiger partial charge in [-0.1, -0.05) is 48.5 Å². The average Bonchev–Trinajstić information content (AvgIpc) is 3.36. The predicted octanol–water partition coefficient (Wildman–Crippen LogP) is 6.01. The lowest BCUT2D eigenvalue weighted by Gasteiger charge is -2.15. The molecule has 5 aromatic rings. The zero-order valence-corrected chi connectivity index (χ0v) is 18.9. The molecule has 0 radical (unpaired) electrons. The number of nitrogens with two attached hydrogens (primary N) is 1. The van der Waals surface area contributed by atoms with E-state index >= 15 is 0 Å². The van der Waals surface area contributed by atoms with E-state index < -0.39 is 0 Å². The van der Waals surface area contributed by atoms with Crippen molar-refractivity contribution in [1.82, 2.24) is 0 Å². The number of benzene rings is 4. The molecule has 2 N–H and O–H groups in total. The molecule has 0 aliphatic carbocycles. The van der Waals surface area contributed by atoms with Gasteiger partial charge in [-0.25, -0.2) is 0 Å². The molecule has 0 spiro atoms. The fourth-order valence-electron chi connectivity index (χ4n) is 4.32. The zero-order valence-electron chi connectivity index (χ0n) is 18.9. The molecule has 170 valence electrons. The maximum Gasteiger partial charge on any atom is 0.310 e. The van der Waals surface area contributed by atoms with Gasteiger partial charge in [0.25, 0.3) is 0 Å². The van der Waals surface area contributed by atoms with Crippen LogP contribution in [-0.2, 0) is 29.1 Å². The minimum atomic E-state index is -0.303. The maximum absolute atomic E-state index is 12.1. The van der Waals surface area contributed by atoms with Gasteiger partial charge in [-0.3, -0.25) is 4.79 Å². The second-order valence-corrected chi connectivity index (χ2v) is 8.19. The van der Waals surface area contributed by atoms with E-state index in [1.807, 2.05) is 54.6 Å². The van der Waals surface area contributed by atoms with Crippen molar-refractivity contribution >= 4 is 27.7 Å². The van der Waals surface area contributed by atoms with Gasteiger partial charge in [0.15, 0.2) is 0 Å². The van der Waals surface area contributed by atoms with Crippen molar-refractivity contribution in [3.63, 3.8) is 0 Å². The summed E-state index contributed by atoms with van der Waals surface area (Å²) < 4.78 is 17.0. The molecule has 5 rings (SSSR count). The number of hydrogen-bond acceptors (Lipinski definition) is 5. The number of ether oxygens (including phenoxy) is 2. The molecule has 0 saturated carbocycles. The van der Waals surface area contributed by atoms with Crippen LogP contribution in [0, 0.1) is 0 Å². The Balaban J connectivity index is 1.51. The Bertz CT molecular complexity index is 1480. The van der Waals surface area contributed by atoms with E-state index in [4.69, 9.17) is 19.6 Å². The quantitative estimate of drug-likeness (QED) is 0.307. The van der Waals surface area contributed by atoms with Gasteiger partial charge >= 0.3 is 5.97 Å². The Kier molecular flexibility index (Phi) is 6.02. The first-order valence-corrected chi connectivity index (χ1v) is 11.2. The fraction of sp³-hybridized carbons (Fsp3) is 0.138. The number of rotatable bonds is 7. The van der Waals surface area contributed by atoms with Crippen molar-refractivity contribution in [3.8, 4) is 16.9 Å². The van der Waals surface area contributed by atoms with Crippen LogP contribution in [0.4, 0.5) is 0 Å². The molecule has 0 amide bonds. The summed E-state index contributed by atoms with van der Waals surface area (Å²) in [5, 5.41) is 3.04. The van der Waals surface area contributed by atoms with E-state index in [-0.39, 0.29) is 12.4 Å². The zero-order chi connectivity index (χ0) is 23.5. The van der Waals surface area contributed by atoms with Crippen LogP contribution >= 0.6 is 0 Å². The first-order chi connectivity index (χ1) is 16.7. The van der Waals surface area contributed by atoms with E-state index in [9.17, 15) is 4.79 Å². The third kappa shape index (κ3) is 4.26. The first kappa shape index (κ1) is 21.7. The Labute approximate surface area is 197 Å². The summed E-state index contributed by atoms with van der Waals surface area (Å²) in [6.07, 6.45) is 1.84. The van der Waals surface area contributed by atoms with Crippen molar-refractivity contribution in [2.24, 2.45) is 5.73 Å². The summed E-state index contributed by atoms with van der Waals surface area (Å²) >= 11 is 0. The van der Waals surface area contributed by atoms with Crippen LogP contribution < -0.4 is 10.5 Å². The Hall–Kier alpha value is -4.09. The monoisotopic (exact) mass is 451 g/mol. The van der Waals surface area contributed by atoms with Crippen molar-refractivity contribution in [2.75, 3.05) is 7.11 Å². The van der Waals surface area contributed by atoms with Crippen molar-refractivity contribution in [2.45, 2.75) is 19.6 Å². The molecular formula is C29H25NO4. The van der Waals surface area contributed by atoms with Crippen LogP contribution in [0.1, 0.15) is 16.7 Å². The van der Waals surface area contributed by atoms with E-state index in [1.54, 1.807) is 6.26 Å². The summed E-state index contributed by atoms with van der Waals surface area (Å²) in [5.41, 5.74) is 11.6. The van der Waals surface area contributed by atoms with Gasteiger partial charge in [0.2, 0.25) is 0 Å². The lowest BCUT2D eigenvalue weighted by Crippen LogP contribution is -2.07. The first-order valence-electron chi connectivity index (χ1n) is 11.2. The highest BCUT2D eigenvalue weighted by molar-refractivity contribution is 5.93. The minimum Gasteiger partial charge on any atom is -0.489 e. The number of carbonyl (C=O) groups excluding carboxylic acids is 1. The van der Waals surface area contributed by atoms with E-state index in [2.05, 4.69) is 24.3 Å². The molecule has 1 heterocycles. The number of fused-ring (bicyclic) bond motifs is 2. The molecule has 1 aromatic heterocycles. The summed E-state index contributed by atoms with van der Waals surface area (Å²) in [6, 6.07) is 26.1. The molecule has 0 saturated heterocycles. The van der Waals surface area contributed by atoms with Gasteiger partial charge < -0.3 is 19.6 Å². The summed E-state index contributed by atoms with van der Waals surface area (Å²) in [6.45, 7) is 0.820. The molecule has 0 fully saturated rings. The topological polar surface area (TPSA) is 74.7 Å². The molecule has 0 unspecified atom stereocenters. The molecule has 34 heavy (non-hydrogen) atoms. The number of esters is 1. The van der Waals surface area contributed by atoms with Crippen LogP contribution in [-0.4, -0.2) is 13.1 Å². The van der Waals surface area contributed by atoms with Crippen LogP contribution in [0.2, 0.25) is 0 Å². The summed E-state index contributed by atoms with van der Waals surface area (Å²) in [5.74, 6) is 0.367. The Morgan fingerprint density at radius 2 is 1.79 bits per heavy atom. The predicted molar refractivity (Wildman–Crippen MR) is 134 cm³/mol. The highest BCUT2D eigenvalue weighted by Crippen LogP contribution is 2.33. The number of carbonyl (C=O) groups is 1. The third-order valence-electron chi connectivity index (χ3n) is 6.03. The van der Waals surface area contributed by atoms with E-state index in [1.165, 1.54) is 7.11 Å². The third-order valence-corrected chi connectivity index (χ3v) is 6.03. The molecule has 0 aliphatic heterocycles. The Morgan fingerprint density at radius 1 is 0.912 bits per heavy atom. The smallest absolute Gasteiger partial charge is 0.310 e. The summed E-state index contributed by atoms with van der Waals surface area (Å²) in [7, 11) is 1.40. The number of methoxy groups -OCH3 is 1. The second kappa shape index (κ2) is 9.41. The van der Waals surface area contributed by atoms with Crippen LogP contribution in [0.3, 0.4) is 0 Å². The highest BCUT2D eigenvalue weighted by atomic mass is 16.5. The van der Waals surface area contributed by atoms with Crippen molar-refractivity contribution < 1.29 is 18.7 Å². The van der Waals surface area contributed by atoms with Crippen LogP contribution in [0.5, 0.6) is 5.75 Å². The lowest BCUT2D eigenvalue weighted by atomic mass is 9.99. The summed E-state index contributed by atoms with van der Waals surface area (Å²) in [4.78, 5) is 12.1. The van der Waals surface area contributed by atoms with Gasteiger partial charge in [0.1, 0.15) is 17.9 Å². The highest BCUT2D eigenvalue weighted by Gasteiger charge is 2.15. The molecule has 5 nitrogen and oxygen atoms in total. The maximum atomic E-state index is 12.1. The standard InChI is InChI=1S/C29H25NO4/c1-32-28(31)16-26-24-8-3-2-6-21(24)9-10-27(26)34-18-20-14-23-11-12-33-29(23)25(15-20)22-7-4-5-19(13-22)17-30/h2-15H,16-18,30H2,1H3. The largest absolute Gasteiger partial charge is 0.489 e. The second-order valence-electron chi connectivity index (χ2n) is 8.19. The molecule has 0 aliphatic rings. The van der Waals surface area contributed by atoms with Gasteiger partial charge in [0, 0.05) is 23.1 Å². The number of furan rings is 1. The van der Waals surface area contributed by atoms with Crippen LogP contribution in [0.25, 0.3) is 32.9 Å². The molecule has 0 bridgehead atoms. The van der Waals surface area contributed by atoms with Crippen molar-refractivity contribution in [1.29, 1.82) is 0 Å². The van der Waals surface area contributed by atoms with Gasteiger partial charge in [-0.2, -0.15) is 0 Å². The normalized spacial score (nSPS) is 11.1. The van der Waals surface area contributed by atoms with Gasteiger partial charge in [-0.05, 0) is 57.8 Å².